The van der Waals surface area contributed by atoms with Crippen molar-refractivity contribution >= 4 is 0 Å². The van der Waals surface area contributed by atoms with Crippen molar-refractivity contribution in [3.05, 3.63) is 0 Å². The number of likely N-dealkylation sites (tertiary alicyclic amines) is 1. The summed E-state index contributed by atoms with van der Waals surface area (Å²) in [6.07, 6.45) is 1.88. The number of fused-ring (bicyclic) bond motifs is 2. The molecule has 1 aliphatic heterocycles. The Balaban J connectivity index is 1.64. The molecule has 6 rings (SSSR count). The fourth-order valence-corrected chi connectivity index (χ4v) is 10.5. The molecule has 13 atom stereocenters. The Kier molecular flexibility index (Phi) is 3.86. The van der Waals surface area contributed by atoms with Gasteiger partial charge in [0.25, 0.3) is 0 Å². The molecular weight excluding hydrogens is 370 g/mol. The molecule has 0 unspecified atom stereocenters. The Labute approximate surface area is 173 Å². The summed E-state index contributed by atoms with van der Waals surface area (Å²) >= 11 is 0. The van der Waals surface area contributed by atoms with E-state index in [1.807, 2.05) is 0 Å². The minimum atomic E-state index is -0.594. The van der Waals surface area contributed by atoms with Crippen molar-refractivity contribution in [3.63, 3.8) is 0 Å². The summed E-state index contributed by atoms with van der Waals surface area (Å²) in [5, 5.41) is 35.1. The van der Waals surface area contributed by atoms with Crippen molar-refractivity contribution in [2.45, 2.75) is 75.6 Å². The summed E-state index contributed by atoms with van der Waals surface area (Å²) in [6, 6.07) is 0.110. The van der Waals surface area contributed by atoms with Gasteiger partial charge >= 0.3 is 0 Å². The van der Waals surface area contributed by atoms with E-state index >= 15 is 0 Å². The molecule has 0 radical (unpaired) electrons. The standard InChI is InChI=1S/C23H37NO5/c1-5-24-10-21(2)7-6-14(25)23-12-8-11-13(28-3)9-22(29-4,15(12)17(11)26)16(20(23)24)18(27)19(21)23/h11-20,25-27H,5-10H2,1-4H3/t11-,12-,13+,14+,15-,16-,17-,18-,19+,20+,21-,22-,23-/m0/s1. The van der Waals surface area contributed by atoms with Crippen LogP contribution in [-0.2, 0) is 9.47 Å². The van der Waals surface area contributed by atoms with Gasteiger partial charge in [0.2, 0.25) is 0 Å². The molecule has 0 aromatic carbocycles. The SMILES string of the molecule is CCN1C[C@]2(C)CC[C@@H](O)[C@@]34[C@@H]2[C@@H](O)[C@@H]([C@@H]13)[C@]1(OC)C[C@@H](OC)[C@@H]2C[C@H]4[C@H]1[C@H]2O. The predicted octanol–water partition coefficient (Wildman–Crippen LogP) is 0.876. The zero-order valence-corrected chi connectivity index (χ0v) is 18.1. The molecule has 29 heavy (non-hydrogen) atoms. The van der Waals surface area contributed by atoms with Gasteiger partial charge in [0.05, 0.1) is 30.0 Å². The van der Waals surface area contributed by atoms with Crippen LogP contribution in [0.4, 0.5) is 0 Å². The van der Waals surface area contributed by atoms with Gasteiger partial charge in [-0.15, -0.1) is 0 Å². The van der Waals surface area contributed by atoms with E-state index in [4.69, 9.17) is 9.47 Å². The lowest BCUT2D eigenvalue weighted by molar-refractivity contribution is -0.273. The Hall–Kier alpha value is -0.240. The fourth-order valence-electron chi connectivity index (χ4n) is 10.5. The van der Waals surface area contributed by atoms with Crippen LogP contribution in [0.25, 0.3) is 0 Å². The summed E-state index contributed by atoms with van der Waals surface area (Å²) in [7, 11) is 3.50. The number of aliphatic hydroxyl groups is 3. The number of rotatable bonds is 3. The number of methoxy groups -OCH3 is 2. The Morgan fingerprint density at radius 1 is 1.10 bits per heavy atom. The van der Waals surface area contributed by atoms with E-state index in [1.54, 1.807) is 14.2 Å². The molecule has 0 aromatic heterocycles. The smallest absolute Gasteiger partial charge is 0.0827 e. The van der Waals surface area contributed by atoms with Gasteiger partial charge in [0, 0.05) is 62.3 Å². The van der Waals surface area contributed by atoms with Gasteiger partial charge in [-0.3, -0.25) is 4.90 Å². The minimum absolute atomic E-state index is 0.00281. The normalized spacial score (nSPS) is 65.1. The molecular formula is C23H37NO5. The third-order valence-corrected chi connectivity index (χ3v) is 11.0. The molecule has 5 saturated carbocycles. The molecule has 164 valence electrons. The van der Waals surface area contributed by atoms with Gasteiger partial charge in [-0.2, -0.15) is 0 Å². The lowest BCUT2D eigenvalue weighted by Gasteiger charge is -2.68. The van der Waals surface area contributed by atoms with E-state index in [0.717, 1.165) is 38.8 Å². The van der Waals surface area contributed by atoms with Crippen LogP contribution in [-0.4, -0.2) is 83.6 Å². The van der Waals surface area contributed by atoms with Gasteiger partial charge < -0.3 is 24.8 Å². The van der Waals surface area contributed by atoms with Crippen LogP contribution in [0.5, 0.6) is 0 Å². The van der Waals surface area contributed by atoms with Crippen molar-refractivity contribution in [3.8, 4) is 0 Å². The lowest BCUT2D eigenvalue weighted by atomic mass is 9.43. The van der Waals surface area contributed by atoms with Crippen molar-refractivity contribution < 1.29 is 24.8 Å². The minimum Gasteiger partial charge on any atom is -0.392 e. The first-order chi connectivity index (χ1) is 13.8. The number of nitrogens with zero attached hydrogens (tertiary/aromatic N) is 1. The molecule has 1 saturated heterocycles. The highest BCUT2D eigenvalue weighted by atomic mass is 16.5. The zero-order chi connectivity index (χ0) is 20.5. The number of aliphatic hydroxyl groups excluding tert-OH is 3. The molecule has 1 heterocycles. The largest absolute Gasteiger partial charge is 0.392 e. The van der Waals surface area contributed by atoms with Gasteiger partial charge in [-0.05, 0) is 37.1 Å². The molecule has 3 N–H and O–H groups in total. The predicted molar refractivity (Wildman–Crippen MR) is 106 cm³/mol. The van der Waals surface area contributed by atoms with Crippen LogP contribution >= 0.6 is 0 Å². The fraction of sp³-hybridized carbons (Fsp3) is 1.00. The third kappa shape index (κ3) is 1.81. The zero-order valence-electron chi connectivity index (χ0n) is 18.1. The Morgan fingerprint density at radius 3 is 2.52 bits per heavy atom. The number of piperidine rings is 1. The van der Waals surface area contributed by atoms with Crippen LogP contribution in [0.1, 0.15) is 39.5 Å². The van der Waals surface area contributed by atoms with Crippen LogP contribution in [0.15, 0.2) is 0 Å². The average Bonchev–Trinajstić information content (AvgIpc) is 3.09. The van der Waals surface area contributed by atoms with E-state index in [1.165, 1.54) is 0 Å². The van der Waals surface area contributed by atoms with Crippen molar-refractivity contribution in [1.82, 2.24) is 4.90 Å². The number of hydrogen-bond donors (Lipinski definition) is 3. The highest BCUT2D eigenvalue weighted by molar-refractivity contribution is 5.35. The Morgan fingerprint density at radius 2 is 1.86 bits per heavy atom. The van der Waals surface area contributed by atoms with E-state index in [2.05, 4.69) is 18.7 Å². The first kappa shape index (κ1) is 19.4. The molecule has 1 spiro atoms. The molecule has 6 aliphatic rings. The first-order valence-corrected chi connectivity index (χ1v) is 11.7. The summed E-state index contributed by atoms with van der Waals surface area (Å²) in [5.41, 5.74) is -0.948. The molecule has 6 fully saturated rings. The second-order valence-corrected chi connectivity index (χ2v) is 11.4. The monoisotopic (exact) mass is 407 g/mol. The van der Waals surface area contributed by atoms with Gasteiger partial charge in [-0.1, -0.05) is 13.8 Å². The van der Waals surface area contributed by atoms with Crippen LogP contribution in [0.2, 0.25) is 0 Å². The van der Waals surface area contributed by atoms with Crippen LogP contribution < -0.4 is 0 Å². The highest BCUT2D eigenvalue weighted by Crippen LogP contribution is 2.79. The molecule has 0 aromatic rings. The molecule has 5 aliphatic carbocycles. The van der Waals surface area contributed by atoms with Gasteiger partial charge in [0.15, 0.2) is 0 Å². The second-order valence-electron chi connectivity index (χ2n) is 11.4. The highest BCUT2D eigenvalue weighted by Gasteiger charge is 2.85. The van der Waals surface area contributed by atoms with E-state index in [9.17, 15) is 15.3 Å². The quantitative estimate of drug-likeness (QED) is 0.644. The van der Waals surface area contributed by atoms with Gasteiger partial charge in [-0.25, -0.2) is 0 Å². The summed E-state index contributed by atoms with van der Waals surface area (Å²) < 4.78 is 12.3. The van der Waals surface area contributed by atoms with E-state index < -0.39 is 23.9 Å². The van der Waals surface area contributed by atoms with Crippen molar-refractivity contribution in [1.29, 1.82) is 0 Å². The molecule has 0 amide bonds. The topological polar surface area (TPSA) is 82.4 Å². The summed E-state index contributed by atoms with van der Waals surface area (Å²) in [5.74, 6) is 0.208. The first-order valence-electron chi connectivity index (χ1n) is 11.7. The van der Waals surface area contributed by atoms with Crippen molar-refractivity contribution in [2.75, 3.05) is 27.3 Å². The van der Waals surface area contributed by atoms with E-state index in [0.29, 0.717) is 0 Å². The lowest BCUT2D eigenvalue weighted by Crippen LogP contribution is -2.75. The van der Waals surface area contributed by atoms with E-state index in [-0.39, 0.29) is 52.6 Å². The summed E-state index contributed by atoms with van der Waals surface area (Å²) in [6.45, 7) is 6.45. The number of hydrogen-bond acceptors (Lipinski definition) is 6. The second kappa shape index (κ2) is 5.76. The van der Waals surface area contributed by atoms with Gasteiger partial charge in [0.1, 0.15) is 0 Å². The number of ether oxygens (including phenoxy) is 2. The van der Waals surface area contributed by atoms with Crippen molar-refractivity contribution in [2.24, 2.45) is 40.4 Å². The Bertz CT molecular complexity index is 719. The third-order valence-electron chi connectivity index (χ3n) is 11.0. The molecule has 6 nitrogen and oxygen atoms in total. The molecule has 6 heteroatoms. The maximum Gasteiger partial charge on any atom is 0.0827 e. The maximum absolute atomic E-state index is 11.9. The average molecular weight is 408 g/mol. The molecule has 7 bridgehead atoms. The maximum atomic E-state index is 11.9. The van der Waals surface area contributed by atoms with Crippen LogP contribution in [0, 0.1) is 40.4 Å². The summed E-state index contributed by atoms with van der Waals surface area (Å²) in [4.78, 5) is 2.55. The van der Waals surface area contributed by atoms with Crippen LogP contribution in [0.3, 0.4) is 0 Å².